The minimum absolute atomic E-state index is 0.0541. The molecule has 3 N–H and O–H groups in total. The third-order valence-electron chi connectivity index (χ3n) is 4.61. The van der Waals surface area contributed by atoms with E-state index < -0.39 is 0 Å². The molecule has 0 bridgehead atoms. The molecule has 132 valence electrons. The van der Waals surface area contributed by atoms with Crippen LogP contribution in [0.2, 0.25) is 0 Å². The first-order valence-electron chi connectivity index (χ1n) is 8.56. The van der Waals surface area contributed by atoms with E-state index in [4.69, 9.17) is 10.8 Å². The summed E-state index contributed by atoms with van der Waals surface area (Å²) >= 11 is 0. The fraction of sp³-hybridized carbons (Fsp3) is 0.250. The molecule has 0 aliphatic heterocycles. The van der Waals surface area contributed by atoms with Crippen molar-refractivity contribution in [3.63, 3.8) is 0 Å². The maximum Gasteiger partial charge on any atom is 0.163 e. The van der Waals surface area contributed by atoms with Crippen LogP contribution in [-0.4, -0.2) is 31.5 Å². The average Bonchev–Trinajstić information content (AvgIpc) is 3.00. The van der Waals surface area contributed by atoms with E-state index in [0.29, 0.717) is 18.0 Å². The van der Waals surface area contributed by atoms with Crippen molar-refractivity contribution in [2.24, 2.45) is 5.41 Å². The molecule has 0 saturated heterocycles. The Hall–Kier alpha value is -2.99. The highest BCUT2D eigenvalue weighted by Gasteiger charge is 2.23. The van der Waals surface area contributed by atoms with Crippen molar-refractivity contribution >= 4 is 27.6 Å². The summed E-state index contributed by atoms with van der Waals surface area (Å²) in [5, 5.41) is 17.5. The van der Waals surface area contributed by atoms with E-state index in [2.05, 4.69) is 28.2 Å². The molecule has 26 heavy (non-hydrogen) atoms. The highest BCUT2D eigenvalue weighted by molar-refractivity contribution is 6.05. The second-order valence-electron chi connectivity index (χ2n) is 7.31. The first-order valence-corrected chi connectivity index (χ1v) is 8.56. The summed E-state index contributed by atoms with van der Waals surface area (Å²) < 4.78 is 1.82. The summed E-state index contributed by atoms with van der Waals surface area (Å²) in [4.78, 5) is 8.58. The number of benzene rings is 2. The van der Waals surface area contributed by atoms with E-state index in [1.165, 1.54) is 6.33 Å². The van der Waals surface area contributed by atoms with Crippen molar-refractivity contribution in [3.05, 3.63) is 48.8 Å². The molecule has 0 amide bonds. The molecule has 0 radical (unpaired) electrons. The summed E-state index contributed by atoms with van der Waals surface area (Å²) in [5.74, 6) is 0.408. The molecule has 0 saturated carbocycles. The molecule has 4 rings (SSSR count). The number of nitrogens with two attached hydrogens (primary N) is 1. The minimum atomic E-state index is -0.325. The number of rotatable bonds is 4. The van der Waals surface area contributed by atoms with Crippen LogP contribution in [0.3, 0.4) is 0 Å². The van der Waals surface area contributed by atoms with Crippen LogP contribution in [0.25, 0.3) is 33.1 Å². The Kier molecular flexibility index (Phi) is 3.85. The fourth-order valence-corrected chi connectivity index (χ4v) is 3.22. The van der Waals surface area contributed by atoms with Crippen molar-refractivity contribution in [3.8, 4) is 11.3 Å². The number of aliphatic hydroxyl groups excluding tert-OH is 1. The van der Waals surface area contributed by atoms with Gasteiger partial charge in [-0.2, -0.15) is 5.10 Å². The number of aliphatic hydroxyl groups is 1. The maximum atomic E-state index is 9.65. The standard InChI is InChI=1S/C20H21N5O/c1-20(2,11-26)10-25-19-16(18(21)22-12-23-19)17(24-25)15-9-5-7-13-6-3-4-8-14(13)15/h3-9,12,26H,10-11H2,1-2H3,(H2,21,22,23). The Labute approximate surface area is 151 Å². The zero-order valence-electron chi connectivity index (χ0n) is 14.8. The van der Waals surface area contributed by atoms with Gasteiger partial charge in [0.25, 0.3) is 0 Å². The van der Waals surface area contributed by atoms with Crippen LogP contribution in [0.1, 0.15) is 13.8 Å². The van der Waals surface area contributed by atoms with Crippen LogP contribution < -0.4 is 5.73 Å². The first-order chi connectivity index (χ1) is 12.5. The van der Waals surface area contributed by atoms with Gasteiger partial charge >= 0.3 is 0 Å². The lowest BCUT2D eigenvalue weighted by Gasteiger charge is -2.21. The largest absolute Gasteiger partial charge is 0.396 e. The molecular formula is C20H21N5O. The van der Waals surface area contributed by atoms with Crippen LogP contribution in [0.5, 0.6) is 0 Å². The van der Waals surface area contributed by atoms with Gasteiger partial charge in [-0.05, 0) is 10.8 Å². The molecule has 0 fully saturated rings. The molecule has 2 heterocycles. The second kappa shape index (κ2) is 6.07. The number of hydrogen-bond donors (Lipinski definition) is 2. The van der Waals surface area contributed by atoms with Crippen LogP contribution in [-0.2, 0) is 6.54 Å². The van der Waals surface area contributed by atoms with Crippen molar-refractivity contribution in [2.45, 2.75) is 20.4 Å². The minimum Gasteiger partial charge on any atom is -0.396 e. The molecule has 0 aliphatic carbocycles. The molecule has 4 aromatic rings. The molecule has 6 heteroatoms. The summed E-state index contributed by atoms with van der Waals surface area (Å²) in [6.45, 7) is 4.56. The number of anilines is 1. The molecule has 0 unspecified atom stereocenters. The summed E-state index contributed by atoms with van der Waals surface area (Å²) in [7, 11) is 0. The maximum absolute atomic E-state index is 9.65. The Morgan fingerprint density at radius 3 is 2.65 bits per heavy atom. The van der Waals surface area contributed by atoms with Gasteiger partial charge in [-0.25, -0.2) is 14.6 Å². The molecule has 6 nitrogen and oxygen atoms in total. The summed E-state index contributed by atoms with van der Waals surface area (Å²) in [5.41, 5.74) is 8.31. The van der Waals surface area contributed by atoms with Crippen molar-refractivity contribution in [2.75, 3.05) is 12.3 Å². The Morgan fingerprint density at radius 1 is 1.08 bits per heavy atom. The number of aromatic nitrogens is 4. The smallest absolute Gasteiger partial charge is 0.163 e. The average molecular weight is 347 g/mol. The van der Waals surface area contributed by atoms with Crippen LogP contribution in [0.4, 0.5) is 5.82 Å². The normalized spacial score (nSPS) is 12.1. The SMILES string of the molecule is CC(C)(CO)Cn1nc(-c2cccc3ccccc23)c2c(N)ncnc21. The Balaban J connectivity index is 2.01. The van der Waals surface area contributed by atoms with E-state index in [-0.39, 0.29) is 12.0 Å². The van der Waals surface area contributed by atoms with Crippen molar-refractivity contribution < 1.29 is 5.11 Å². The van der Waals surface area contributed by atoms with Crippen LogP contribution in [0, 0.1) is 5.41 Å². The summed E-state index contributed by atoms with van der Waals surface area (Å²) in [6.07, 6.45) is 1.45. The lowest BCUT2D eigenvalue weighted by atomic mass is 9.95. The molecule has 0 spiro atoms. The van der Waals surface area contributed by atoms with Crippen molar-refractivity contribution in [1.82, 2.24) is 19.7 Å². The number of nitrogens with zero attached hydrogens (tertiary/aromatic N) is 4. The molecular weight excluding hydrogens is 326 g/mol. The number of fused-ring (bicyclic) bond motifs is 2. The second-order valence-corrected chi connectivity index (χ2v) is 7.31. The monoisotopic (exact) mass is 347 g/mol. The highest BCUT2D eigenvalue weighted by Crippen LogP contribution is 2.35. The molecule has 0 aliphatic rings. The predicted octanol–water partition coefficient (Wildman–Crippen LogP) is 3.25. The van der Waals surface area contributed by atoms with E-state index in [1.807, 2.05) is 42.8 Å². The van der Waals surface area contributed by atoms with Crippen LogP contribution in [0.15, 0.2) is 48.8 Å². The van der Waals surface area contributed by atoms with Gasteiger partial charge < -0.3 is 10.8 Å². The van der Waals surface area contributed by atoms with E-state index >= 15 is 0 Å². The zero-order valence-corrected chi connectivity index (χ0v) is 14.8. The van der Waals surface area contributed by atoms with Gasteiger partial charge in [-0.1, -0.05) is 56.3 Å². The number of hydrogen-bond acceptors (Lipinski definition) is 5. The van der Waals surface area contributed by atoms with Crippen molar-refractivity contribution in [1.29, 1.82) is 0 Å². The third-order valence-corrected chi connectivity index (χ3v) is 4.61. The predicted molar refractivity (Wildman–Crippen MR) is 104 cm³/mol. The lowest BCUT2D eigenvalue weighted by Crippen LogP contribution is -2.24. The first kappa shape index (κ1) is 16.5. The fourth-order valence-electron chi connectivity index (χ4n) is 3.22. The van der Waals surface area contributed by atoms with Gasteiger partial charge in [0.1, 0.15) is 17.8 Å². The molecule has 0 atom stereocenters. The zero-order chi connectivity index (χ0) is 18.3. The third kappa shape index (κ3) is 2.68. The van der Waals surface area contributed by atoms with E-state index in [9.17, 15) is 5.11 Å². The van der Waals surface area contributed by atoms with Crippen LogP contribution >= 0.6 is 0 Å². The highest BCUT2D eigenvalue weighted by atomic mass is 16.3. The topological polar surface area (TPSA) is 89.8 Å². The van der Waals surface area contributed by atoms with Gasteiger partial charge in [0.05, 0.1) is 11.9 Å². The van der Waals surface area contributed by atoms with Gasteiger partial charge in [-0.15, -0.1) is 0 Å². The lowest BCUT2D eigenvalue weighted by molar-refractivity contribution is 0.138. The summed E-state index contributed by atoms with van der Waals surface area (Å²) in [6, 6.07) is 14.3. The Morgan fingerprint density at radius 2 is 1.85 bits per heavy atom. The number of nitrogen functional groups attached to an aromatic ring is 1. The van der Waals surface area contributed by atoms with Gasteiger partial charge in [0.15, 0.2) is 5.65 Å². The van der Waals surface area contributed by atoms with E-state index in [0.717, 1.165) is 27.4 Å². The molecule has 2 aromatic heterocycles. The quantitative estimate of drug-likeness (QED) is 0.591. The Bertz CT molecular complexity index is 1090. The van der Waals surface area contributed by atoms with Gasteiger partial charge in [-0.3, -0.25) is 0 Å². The van der Waals surface area contributed by atoms with Gasteiger partial charge in [0, 0.05) is 17.6 Å². The molecule has 2 aromatic carbocycles. The van der Waals surface area contributed by atoms with E-state index in [1.54, 1.807) is 0 Å². The van der Waals surface area contributed by atoms with Gasteiger partial charge in [0.2, 0.25) is 0 Å².